The molecule has 0 radical (unpaired) electrons. The van der Waals surface area contributed by atoms with E-state index >= 15 is 0 Å². The lowest BCUT2D eigenvalue weighted by Gasteiger charge is -2.03. The maximum atomic E-state index is 11.0. The van der Waals surface area contributed by atoms with Gasteiger partial charge in [0.15, 0.2) is 5.78 Å². The first kappa shape index (κ1) is 9.27. The Morgan fingerprint density at radius 3 is 2.62 bits per heavy atom. The Morgan fingerprint density at radius 2 is 2.15 bits per heavy atom. The van der Waals surface area contributed by atoms with Crippen molar-refractivity contribution >= 4 is 5.78 Å². The normalized spacial score (nSPS) is 9.31. The topological polar surface area (TPSA) is 61.1 Å². The van der Waals surface area contributed by atoms with Crippen LogP contribution in [0.1, 0.15) is 28.4 Å². The zero-order valence-electron chi connectivity index (χ0n) is 7.46. The van der Waals surface area contributed by atoms with Crippen molar-refractivity contribution in [3.8, 4) is 11.8 Å². The fraction of sp³-hybridized carbons (Fsp3) is 0.200. The van der Waals surface area contributed by atoms with E-state index < -0.39 is 0 Å². The molecule has 0 aliphatic carbocycles. The molecule has 0 aliphatic heterocycles. The average molecular weight is 175 g/mol. The standard InChI is InChI=1S/C10H9NO2/c1-6-3-10(13)9(7(2)12)4-8(6)5-11/h3-4,13H,1-2H3. The minimum atomic E-state index is -0.242. The number of nitrogens with zero attached hydrogens (tertiary/aromatic N) is 1. The van der Waals surface area contributed by atoms with Crippen LogP contribution >= 0.6 is 0 Å². The van der Waals surface area contributed by atoms with E-state index in [4.69, 9.17) is 5.26 Å². The summed E-state index contributed by atoms with van der Waals surface area (Å²) in [4.78, 5) is 11.0. The third-order valence-corrected chi connectivity index (χ3v) is 1.84. The van der Waals surface area contributed by atoms with Gasteiger partial charge in [-0.25, -0.2) is 0 Å². The van der Waals surface area contributed by atoms with E-state index in [1.807, 2.05) is 6.07 Å². The van der Waals surface area contributed by atoms with Crippen molar-refractivity contribution in [1.82, 2.24) is 0 Å². The molecule has 0 amide bonds. The van der Waals surface area contributed by atoms with Gasteiger partial charge in [-0.05, 0) is 31.5 Å². The van der Waals surface area contributed by atoms with Crippen LogP contribution in [0, 0.1) is 18.3 Å². The zero-order chi connectivity index (χ0) is 10.0. The number of nitriles is 1. The summed E-state index contributed by atoms with van der Waals surface area (Å²) in [5, 5.41) is 18.0. The van der Waals surface area contributed by atoms with E-state index in [1.165, 1.54) is 19.1 Å². The number of aromatic hydroxyl groups is 1. The summed E-state index contributed by atoms with van der Waals surface area (Å²) in [6, 6.07) is 4.79. The second-order valence-electron chi connectivity index (χ2n) is 2.85. The monoisotopic (exact) mass is 175 g/mol. The quantitative estimate of drug-likeness (QED) is 0.661. The van der Waals surface area contributed by atoms with Gasteiger partial charge in [-0.1, -0.05) is 0 Å². The van der Waals surface area contributed by atoms with Crippen LogP contribution in [0.3, 0.4) is 0 Å². The first-order chi connectivity index (χ1) is 6.06. The van der Waals surface area contributed by atoms with E-state index in [2.05, 4.69) is 0 Å². The molecule has 1 N–H and O–H groups in total. The highest BCUT2D eigenvalue weighted by Gasteiger charge is 2.09. The largest absolute Gasteiger partial charge is 0.507 e. The van der Waals surface area contributed by atoms with Crippen LogP contribution in [-0.2, 0) is 0 Å². The van der Waals surface area contributed by atoms with Crippen molar-refractivity contribution in [2.24, 2.45) is 0 Å². The van der Waals surface area contributed by atoms with Crippen LogP contribution in [0.2, 0.25) is 0 Å². The summed E-state index contributed by atoms with van der Waals surface area (Å²) in [6.07, 6.45) is 0. The molecule has 3 nitrogen and oxygen atoms in total. The van der Waals surface area contributed by atoms with Gasteiger partial charge in [0.25, 0.3) is 0 Å². The van der Waals surface area contributed by atoms with Gasteiger partial charge < -0.3 is 5.11 Å². The second-order valence-corrected chi connectivity index (χ2v) is 2.85. The van der Waals surface area contributed by atoms with Crippen LogP contribution < -0.4 is 0 Å². The molecule has 1 aromatic rings. The average Bonchev–Trinajstić information content (AvgIpc) is 2.03. The van der Waals surface area contributed by atoms with Crippen molar-refractivity contribution in [1.29, 1.82) is 5.26 Å². The first-order valence-electron chi connectivity index (χ1n) is 3.81. The van der Waals surface area contributed by atoms with Gasteiger partial charge in [0.1, 0.15) is 5.75 Å². The van der Waals surface area contributed by atoms with E-state index in [-0.39, 0.29) is 17.1 Å². The van der Waals surface area contributed by atoms with Crippen LogP contribution in [0.15, 0.2) is 12.1 Å². The van der Waals surface area contributed by atoms with Gasteiger partial charge in [0.2, 0.25) is 0 Å². The number of phenols is 1. The number of carbonyl (C=O) groups is 1. The highest BCUT2D eigenvalue weighted by atomic mass is 16.3. The van der Waals surface area contributed by atoms with Crippen molar-refractivity contribution in [3.63, 3.8) is 0 Å². The Hall–Kier alpha value is -1.82. The van der Waals surface area contributed by atoms with E-state index in [0.29, 0.717) is 11.1 Å². The molecule has 13 heavy (non-hydrogen) atoms. The SMILES string of the molecule is CC(=O)c1cc(C#N)c(C)cc1O. The molecule has 1 aromatic carbocycles. The fourth-order valence-electron chi connectivity index (χ4n) is 1.10. The molecular formula is C10H9NO2. The number of phenolic OH excluding ortho intramolecular Hbond substituents is 1. The van der Waals surface area contributed by atoms with Crippen LogP contribution in [0.4, 0.5) is 0 Å². The molecule has 0 heterocycles. The molecule has 0 fully saturated rings. The molecule has 0 saturated heterocycles. The Bertz CT molecular complexity index is 402. The number of ketones is 1. The van der Waals surface area contributed by atoms with Crippen molar-refractivity contribution in [2.45, 2.75) is 13.8 Å². The number of rotatable bonds is 1. The van der Waals surface area contributed by atoms with Gasteiger partial charge >= 0.3 is 0 Å². The van der Waals surface area contributed by atoms with Gasteiger partial charge in [0, 0.05) is 0 Å². The third-order valence-electron chi connectivity index (χ3n) is 1.84. The molecule has 1 rings (SSSR count). The number of benzene rings is 1. The van der Waals surface area contributed by atoms with E-state index in [0.717, 1.165) is 0 Å². The molecule has 66 valence electrons. The number of aryl methyl sites for hydroxylation is 1. The molecule has 0 spiro atoms. The molecule has 0 saturated carbocycles. The minimum Gasteiger partial charge on any atom is -0.507 e. The Morgan fingerprint density at radius 1 is 1.54 bits per heavy atom. The summed E-state index contributed by atoms with van der Waals surface area (Å²) in [7, 11) is 0. The van der Waals surface area contributed by atoms with Gasteiger partial charge in [-0.15, -0.1) is 0 Å². The highest BCUT2D eigenvalue weighted by molar-refractivity contribution is 5.97. The molecule has 0 unspecified atom stereocenters. The lowest BCUT2D eigenvalue weighted by atomic mass is 10.0. The maximum Gasteiger partial charge on any atom is 0.163 e. The van der Waals surface area contributed by atoms with Gasteiger partial charge in [-0.2, -0.15) is 5.26 Å². The summed E-state index contributed by atoms with van der Waals surface area (Å²) in [5.41, 5.74) is 1.29. The number of hydrogen-bond donors (Lipinski definition) is 1. The molecular weight excluding hydrogens is 166 g/mol. The Balaban J connectivity index is 3.41. The third kappa shape index (κ3) is 1.67. The fourth-order valence-corrected chi connectivity index (χ4v) is 1.10. The Kier molecular flexibility index (Phi) is 2.34. The molecule has 0 aromatic heterocycles. The number of hydrogen-bond acceptors (Lipinski definition) is 3. The van der Waals surface area contributed by atoms with Crippen molar-refractivity contribution < 1.29 is 9.90 Å². The van der Waals surface area contributed by atoms with E-state index in [1.54, 1.807) is 6.92 Å². The first-order valence-corrected chi connectivity index (χ1v) is 3.81. The minimum absolute atomic E-state index is 0.0657. The zero-order valence-corrected chi connectivity index (χ0v) is 7.46. The van der Waals surface area contributed by atoms with Crippen molar-refractivity contribution in [2.75, 3.05) is 0 Å². The predicted octanol–water partition coefficient (Wildman–Crippen LogP) is 1.77. The molecule has 0 bridgehead atoms. The highest BCUT2D eigenvalue weighted by Crippen LogP contribution is 2.21. The van der Waals surface area contributed by atoms with E-state index in [9.17, 15) is 9.90 Å². The number of Topliss-reactive ketones (excluding diaryl/α,β-unsaturated/α-hetero) is 1. The molecule has 0 atom stereocenters. The number of carbonyl (C=O) groups excluding carboxylic acids is 1. The smallest absolute Gasteiger partial charge is 0.163 e. The summed E-state index contributed by atoms with van der Waals surface area (Å²) >= 11 is 0. The molecule has 3 heteroatoms. The summed E-state index contributed by atoms with van der Waals surface area (Å²) in [5.74, 6) is -0.307. The van der Waals surface area contributed by atoms with Crippen LogP contribution in [0.5, 0.6) is 5.75 Å². The second kappa shape index (κ2) is 3.28. The lowest BCUT2D eigenvalue weighted by molar-refractivity contribution is 0.101. The summed E-state index contributed by atoms with van der Waals surface area (Å²) < 4.78 is 0. The van der Waals surface area contributed by atoms with Crippen LogP contribution in [0.25, 0.3) is 0 Å². The summed E-state index contributed by atoms with van der Waals surface area (Å²) in [6.45, 7) is 3.06. The predicted molar refractivity (Wildman–Crippen MR) is 47.6 cm³/mol. The molecule has 0 aliphatic rings. The lowest BCUT2D eigenvalue weighted by Crippen LogP contribution is -1.95. The van der Waals surface area contributed by atoms with Crippen molar-refractivity contribution in [3.05, 3.63) is 28.8 Å². The Labute approximate surface area is 76.2 Å². The maximum absolute atomic E-state index is 11.0. The van der Waals surface area contributed by atoms with Gasteiger partial charge in [-0.3, -0.25) is 4.79 Å². The van der Waals surface area contributed by atoms with Gasteiger partial charge in [0.05, 0.1) is 17.2 Å². The van der Waals surface area contributed by atoms with Crippen LogP contribution in [-0.4, -0.2) is 10.9 Å².